The molecule has 1 heterocycles. The summed E-state index contributed by atoms with van der Waals surface area (Å²) in [6, 6.07) is 0. The van der Waals surface area contributed by atoms with E-state index in [0.717, 1.165) is 31.5 Å². The van der Waals surface area contributed by atoms with Gasteiger partial charge in [-0.2, -0.15) is 0 Å². The quantitative estimate of drug-likeness (QED) is 0.851. The number of nitrogens with zero attached hydrogens (tertiary/aromatic N) is 1. The first-order valence-corrected chi connectivity index (χ1v) is 7.48. The molecule has 2 atom stereocenters. The van der Waals surface area contributed by atoms with E-state index in [4.69, 9.17) is 4.84 Å². The molecule has 2 fully saturated rings. The molecule has 0 saturated heterocycles. The maximum atomic E-state index is 12.5. The third-order valence-corrected chi connectivity index (χ3v) is 4.64. The van der Waals surface area contributed by atoms with Crippen LogP contribution in [0.5, 0.6) is 0 Å². The van der Waals surface area contributed by atoms with Gasteiger partial charge in [0.2, 0.25) is 5.60 Å². The molecular weight excluding hydrogens is 240 g/mol. The number of hydrogen-bond donors (Lipinski definition) is 1. The van der Waals surface area contributed by atoms with E-state index in [-0.39, 0.29) is 17.2 Å². The van der Waals surface area contributed by atoms with Crippen molar-refractivity contribution in [2.75, 3.05) is 6.54 Å². The molecule has 0 spiro atoms. The molecule has 3 aliphatic rings. The highest BCUT2D eigenvalue weighted by atomic mass is 16.7. The predicted molar refractivity (Wildman–Crippen MR) is 73.8 cm³/mol. The first-order valence-electron chi connectivity index (χ1n) is 7.48. The second kappa shape index (κ2) is 4.22. The maximum Gasteiger partial charge on any atom is 0.267 e. The molecule has 0 aromatic carbocycles. The van der Waals surface area contributed by atoms with Crippen LogP contribution in [0.4, 0.5) is 0 Å². The number of oxime groups is 1. The van der Waals surface area contributed by atoms with Gasteiger partial charge in [-0.15, -0.1) is 0 Å². The van der Waals surface area contributed by atoms with E-state index in [1.807, 2.05) is 0 Å². The summed E-state index contributed by atoms with van der Waals surface area (Å²) >= 11 is 0. The summed E-state index contributed by atoms with van der Waals surface area (Å²) in [5.41, 5.74) is 0.344. The van der Waals surface area contributed by atoms with Gasteiger partial charge in [-0.05, 0) is 38.0 Å². The second-order valence-corrected chi connectivity index (χ2v) is 7.31. The van der Waals surface area contributed by atoms with Crippen LogP contribution in [0.25, 0.3) is 0 Å². The van der Waals surface area contributed by atoms with Gasteiger partial charge in [0.05, 0.1) is 11.6 Å². The molecule has 4 nitrogen and oxygen atoms in total. The van der Waals surface area contributed by atoms with Crippen LogP contribution in [-0.2, 0) is 9.63 Å². The standard InChI is InChI=1S/C15H24N2O2/c1-14(2,3)12-11-5-4-8-15(11,19-17-12)13(18)16-9-10-6-7-10/h10-11H,4-9H2,1-3H3,(H,16,18). The van der Waals surface area contributed by atoms with E-state index >= 15 is 0 Å². The van der Waals surface area contributed by atoms with E-state index < -0.39 is 5.60 Å². The van der Waals surface area contributed by atoms with Gasteiger partial charge in [-0.1, -0.05) is 25.9 Å². The zero-order valence-corrected chi connectivity index (χ0v) is 12.2. The van der Waals surface area contributed by atoms with E-state index in [0.29, 0.717) is 5.92 Å². The SMILES string of the molecule is CC(C)(C)C1=NOC2(C(=O)NCC3CC3)CCCC12. The monoisotopic (exact) mass is 264 g/mol. The van der Waals surface area contributed by atoms with E-state index in [1.165, 1.54) is 12.8 Å². The largest absolute Gasteiger partial charge is 0.378 e. The fourth-order valence-corrected chi connectivity index (χ4v) is 3.32. The molecule has 0 aromatic heterocycles. The van der Waals surface area contributed by atoms with E-state index in [1.54, 1.807) is 0 Å². The molecule has 3 rings (SSSR count). The lowest BCUT2D eigenvalue weighted by atomic mass is 9.76. The Balaban J connectivity index is 1.74. The average Bonchev–Trinajstić information content (AvgIpc) is 2.91. The van der Waals surface area contributed by atoms with Gasteiger partial charge < -0.3 is 10.2 Å². The van der Waals surface area contributed by atoms with Crippen molar-refractivity contribution in [1.82, 2.24) is 5.32 Å². The lowest BCUT2D eigenvalue weighted by Crippen LogP contribution is -2.51. The number of nitrogens with one attached hydrogen (secondary N) is 1. The lowest BCUT2D eigenvalue weighted by Gasteiger charge is -2.28. The van der Waals surface area contributed by atoms with E-state index in [2.05, 4.69) is 31.2 Å². The topological polar surface area (TPSA) is 50.7 Å². The van der Waals surface area contributed by atoms with E-state index in [9.17, 15) is 4.79 Å². The third-order valence-electron chi connectivity index (χ3n) is 4.64. The molecule has 1 aliphatic heterocycles. The highest BCUT2D eigenvalue weighted by molar-refractivity contribution is 6.00. The van der Waals surface area contributed by atoms with Gasteiger partial charge in [0.1, 0.15) is 0 Å². The predicted octanol–water partition coefficient (Wildman–Crippen LogP) is 2.48. The Kier molecular flexibility index (Phi) is 2.88. The molecule has 2 aliphatic carbocycles. The van der Waals surface area contributed by atoms with Crippen LogP contribution in [0.3, 0.4) is 0 Å². The van der Waals surface area contributed by atoms with Gasteiger partial charge in [-0.3, -0.25) is 4.79 Å². The summed E-state index contributed by atoms with van der Waals surface area (Å²) in [6.07, 6.45) is 5.38. The van der Waals surface area contributed by atoms with Crippen molar-refractivity contribution < 1.29 is 9.63 Å². The fraction of sp³-hybridized carbons (Fsp3) is 0.867. The van der Waals surface area contributed by atoms with Crippen molar-refractivity contribution in [3.63, 3.8) is 0 Å². The highest BCUT2D eigenvalue weighted by Crippen LogP contribution is 2.47. The summed E-state index contributed by atoms with van der Waals surface area (Å²) in [7, 11) is 0. The third kappa shape index (κ3) is 2.15. The van der Waals surface area contributed by atoms with Crippen LogP contribution < -0.4 is 5.32 Å². The van der Waals surface area contributed by atoms with Gasteiger partial charge in [-0.25, -0.2) is 0 Å². The number of carbonyl (C=O) groups is 1. The minimum Gasteiger partial charge on any atom is -0.378 e. The smallest absolute Gasteiger partial charge is 0.267 e. The molecular formula is C15H24N2O2. The Bertz CT molecular complexity index is 420. The van der Waals surface area contributed by atoms with Gasteiger partial charge in [0.25, 0.3) is 5.91 Å². The molecule has 0 radical (unpaired) electrons. The number of rotatable bonds is 3. The van der Waals surface area contributed by atoms with Crippen LogP contribution in [0.15, 0.2) is 5.16 Å². The van der Waals surface area contributed by atoms with Crippen molar-refractivity contribution in [2.24, 2.45) is 22.4 Å². The molecule has 0 bridgehead atoms. The Hall–Kier alpha value is -1.06. The van der Waals surface area contributed by atoms with Crippen LogP contribution in [0.2, 0.25) is 0 Å². The van der Waals surface area contributed by atoms with Crippen LogP contribution >= 0.6 is 0 Å². The van der Waals surface area contributed by atoms with Gasteiger partial charge in [0.15, 0.2) is 0 Å². The van der Waals surface area contributed by atoms with Gasteiger partial charge in [0, 0.05) is 12.0 Å². The molecule has 4 heteroatoms. The number of hydrogen-bond acceptors (Lipinski definition) is 3. The number of amides is 1. The minimum absolute atomic E-state index is 0.0203. The summed E-state index contributed by atoms with van der Waals surface area (Å²) in [4.78, 5) is 18.2. The maximum absolute atomic E-state index is 12.5. The number of carbonyl (C=O) groups excluding carboxylic acids is 1. The van der Waals surface area contributed by atoms with Crippen molar-refractivity contribution in [1.29, 1.82) is 0 Å². The normalized spacial score (nSPS) is 33.6. The summed E-state index contributed by atoms with van der Waals surface area (Å²) in [5, 5.41) is 7.37. The summed E-state index contributed by atoms with van der Waals surface area (Å²) in [6.45, 7) is 7.24. The first-order chi connectivity index (χ1) is 8.93. The van der Waals surface area contributed by atoms with Crippen LogP contribution in [0, 0.1) is 17.3 Å². The molecule has 1 amide bonds. The van der Waals surface area contributed by atoms with Crippen molar-refractivity contribution in [2.45, 2.75) is 58.5 Å². The lowest BCUT2D eigenvalue weighted by molar-refractivity contribution is -0.146. The van der Waals surface area contributed by atoms with Crippen molar-refractivity contribution in [3.8, 4) is 0 Å². The Morgan fingerprint density at radius 3 is 2.79 bits per heavy atom. The molecule has 106 valence electrons. The minimum atomic E-state index is -0.697. The summed E-state index contributed by atoms with van der Waals surface area (Å²) in [5.74, 6) is 0.932. The van der Waals surface area contributed by atoms with Gasteiger partial charge >= 0.3 is 0 Å². The van der Waals surface area contributed by atoms with Crippen LogP contribution in [0.1, 0.15) is 52.9 Å². The average molecular weight is 264 g/mol. The Morgan fingerprint density at radius 2 is 2.16 bits per heavy atom. The number of fused-ring (bicyclic) bond motifs is 1. The highest BCUT2D eigenvalue weighted by Gasteiger charge is 2.59. The van der Waals surface area contributed by atoms with Crippen molar-refractivity contribution in [3.05, 3.63) is 0 Å². The molecule has 2 unspecified atom stereocenters. The van der Waals surface area contributed by atoms with Crippen LogP contribution in [-0.4, -0.2) is 23.8 Å². The molecule has 0 aromatic rings. The Labute approximate surface area is 115 Å². The summed E-state index contributed by atoms with van der Waals surface area (Å²) < 4.78 is 0. The molecule has 1 N–H and O–H groups in total. The zero-order valence-electron chi connectivity index (χ0n) is 12.2. The second-order valence-electron chi connectivity index (χ2n) is 7.31. The molecule has 2 saturated carbocycles. The fourth-order valence-electron chi connectivity index (χ4n) is 3.32. The van der Waals surface area contributed by atoms with Crippen molar-refractivity contribution >= 4 is 11.6 Å². The Morgan fingerprint density at radius 1 is 1.42 bits per heavy atom. The first kappa shape index (κ1) is 12.9. The molecule has 19 heavy (non-hydrogen) atoms. The zero-order chi connectivity index (χ0) is 13.7.